The number of hydrogen-bond acceptors (Lipinski definition) is 6. The highest BCUT2D eigenvalue weighted by Crippen LogP contribution is 2.26. The number of aromatic amines is 1. The van der Waals surface area contributed by atoms with Gasteiger partial charge in [-0.1, -0.05) is 23.5 Å². The topological polar surface area (TPSA) is 83.6 Å². The zero-order valence-corrected chi connectivity index (χ0v) is 9.36. The van der Waals surface area contributed by atoms with Gasteiger partial charge < -0.3 is 5.32 Å². The molecule has 0 aliphatic rings. The Hall–Kier alpha value is -2.28. The lowest BCUT2D eigenvalue weighted by Crippen LogP contribution is -2.12. The Morgan fingerprint density at radius 2 is 2.12 bits per heavy atom. The average Bonchev–Trinajstić information content (AvgIpc) is 2.71. The summed E-state index contributed by atoms with van der Waals surface area (Å²) in [7, 11) is 0. The van der Waals surface area contributed by atoms with Crippen LogP contribution in [0.15, 0.2) is 35.4 Å². The van der Waals surface area contributed by atoms with Gasteiger partial charge in [-0.15, -0.1) is 0 Å². The molecule has 7 heteroatoms. The lowest BCUT2D eigenvalue weighted by Gasteiger charge is -1.97. The van der Waals surface area contributed by atoms with Gasteiger partial charge in [-0.2, -0.15) is 4.98 Å². The number of thiazole rings is 1. The van der Waals surface area contributed by atoms with Gasteiger partial charge in [0, 0.05) is 0 Å². The van der Waals surface area contributed by atoms with Crippen molar-refractivity contribution in [1.29, 1.82) is 0 Å². The first kappa shape index (κ1) is 9.91. The number of hydrogen-bond donors (Lipinski definition) is 2. The second-order valence-electron chi connectivity index (χ2n) is 3.26. The fourth-order valence-electron chi connectivity index (χ4n) is 1.40. The van der Waals surface area contributed by atoms with Gasteiger partial charge in [0.05, 0.1) is 10.2 Å². The summed E-state index contributed by atoms with van der Waals surface area (Å²) in [6.07, 6.45) is 1.20. The van der Waals surface area contributed by atoms with Crippen molar-refractivity contribution in [1.82, 2.24) is 19.9 Å². The normalized spacial score (nSPS) is 10.6. The SMILES string of the molecule is O=c1ncnc(Nc2nc3ccccc3s2)[nH]1. The van der Waals surface area contributed by atoms with Crippen molar-refractivity contribution >= 4 is 32.6 Å². The largest absolute Gasteiger partial charge is 0.349 e. The first-order valence-electron chi connectivity index (χ1n) is 4.85. The third-order valence-corrected chi connectivity index (χ3v) is 3.06. The van der Waals surface area contributed by atoms with Gasteiger partial charge in [0.2, 0.25) is 5.95 Å². The van der Waals surface area contributed by atoms with Crippen LogP contribution in [0.5, 0.6) is 0 Å². The van der Waals surface area contributed by atoms with Crippen molar-refractivity contribution in [3.05, 3.63) is 41.1 Å². The number of aromatic nitrogens is 4. The van der Waals surface area contributed by atoms with Crippen LogP contribution in [0.25, 0.3) is 10.2 Å². The number of anilines is 2. The number of H-pyrrole nitrogens is 1. The highest BCUT2D eigenvalue weighted by molar-refractivity contribution is 7.22. The Morgan fingerprint density at radius 3 is 2.94 bits per heavy atom. The molecule has 0 spiro atoms. The predicted octanol–water partition coefficient (Wildman–Crippen LogP) is 1.52. The molecule has 0 bridgehead atoms. The van der Waals surface area contributed by atoms with Crippen LogP contribution in [0.4, 0.5) is 11.1 Å². The van der Waals surface area contributed by atoms with Crippen LogP contribution in [-0.2, 0) is 0 Å². The molecule has 2 N–H and O–H groups in total. The zero-order chi connectivity index (χ0) is 11.7. The van der Waals surface area contributed by atoms with Gasteiger partial charge in [0.25, 0.3) is 0 Å². The average molecular weight is 245 g/mol. The molecule has 17 heavy (non-hydrogen) atoms. The first-order chi connectivity index (χ1) is 8.31. The molecule has 84 valence electrons. The van der Waals surface area contributed by atoms with Crippen molar-refractivity contribution in [2.45, 2.75) is 0 Å². The number of nitrogens with one attached hydrogen (secondary N) is 2. The Labute approximate surface area is 99.4 Å². The summed E-state index contributed by atoms with van der Waals surface area (Å²) in [6.45, 7) is 0. The standard InChI is InChI=1S/C10H7N5OS/c16-9-12-5-11-8(14-9)15-10-13-6-3-1-2-4-7(6)17-10/h1-5H,(H2,11,12,13,14,15,16). The third-order valence-electron chi connectivity index (χ3n) is 2.11. The van der Waals surface area contributed by atoms with Crippen LogP contribution >= 0.6 is 11.3 Å². The lowest BCUT2D eigenvalue weighted by atomic mass is 10.3. The van der Waals surface area contributed by atoms with Gasteiger partial charge in [-0.3, -0.25) is 4.98 Å². The quantitative estimate of drug-likeness (QED) is 0.715. The molecule has 2 heterocycles. The molecular weight excluding hydrogens is 238 g/mol. The van der Waals surface area contributed by atoms with Crippen LogP contribution in [0, 0.1) is 0 Å². The van der Waals surface area contributed by atoms with E-state index in [2.05, 4.69) is 25.3 Å². The summed E-state index contributed by atoms with van der Waals surface area (Å²) < 4.78 is 1.08. The van der Waals surface area contributed by atoms with E-state index in [0.717, 1.165) is 10.2 Å². The van der Waals surface area contributed by atoms with Crippen LogP contribution in [0.3, 0.4) is 0 Å². The molecule has 0 atom stereocenters. The van der Waals surface area contributed by atoms with Crippen LogP contribution in [0.2, 0.25) is 0 Å². The Balaban J connectivity index is 1.97. The summed E-state index contributed by atoms with van der Waals surface area (Å²) in [4.78, 5) is 25.2. The molecule has 3 rings (SSSR count). The van der Waals surface area contributed by atoms with Crippen molar-refractivity contribution in [3.8, 4) is 0 Å². The van der Waals surface area contributed by atoms with Crippen LogP contribution < -0.4 is 11.0 Å². The Morgan fingerprint density at radius 1 is 1.24 bits per heavy atom. The lowest BCUT2D eigenvalue weighted by molar-refractivity contribution is 0.992. The monoisotopic (exact) mass is 245 g/mol. The second kappa shape index (κ2) is 3.95. The fraction of sp³-hybridized carbons (Fsp3) is 0. The Bertz CT molecular complexity index is 687. The molecule has 0 aliphatic carbocycles. The highest BCUT2D eigenvalue weighted by atomic mass is 32.1. The molecule has 1 aromatic carbocycles. The maximum Gasteiger partial charge on any atom is 0.349 e. The number of para-hydroxylation sites is 1. The van der Waals surface area contributed by atoms with E-state index in [0.29, 0.717) is 11.1 Å². The smallest absolute Gasteiger partial charge is 0.301 e. The molecule has 0 saturated carbocycles. The van der Waals surface area contributed by atoms with Crippen molar-refractivity contribution in [2.24, 2.45) is 0 Å². The van der Waals surface area contributed by atoms with Crippen LogP contribution in [0.1, 0.15) is 0 Å². The summed E-state index contributed by atoms with van der Waals surface area (Å²) in [6, 6.07) is 7.80. The maximum absolute atomic E-state index is 11.0. The number of fused-ring (bicyclic) bond motifs is 1. The first-order valence-corrected chi connectivity index (χ1v) is 5.67. The van der Waals surface area contributed by atoms with E-state index in [1.54, 1.807) is 0 Å². The number of nitrogens with zero attached hydrogens (tertiary/aromatic N) is 3. The Kier molecular flexibility index (Phi) is 2.30. The van der Waals surface area contributed by atoms with Gasteiger partial charge in [0.1, 0.15) is 6.33 Å². The fourth-order valence-corrected chi connectivity index (χ4v) is 2.26. The molecule has 3 aromatic rings. The highest BCUT2D eigenvalue weighted by Gasteiger charge is 2.04. The third kappa shape index (κ3) is 2.00. The zero-order valence-electron chi connectivity index (χ0n) is 8.54. The minimum atomic E-state index is -0.441. The van der Waals surface area contributed by atoms with Crippen LogP contribution in [-0.4, -0.2) is 19.9 Å². The predicted molar refractivity (Wildman–Crippen MR) is 65.6 cm³/mol. The summed E-state index contributed by atoms with van der Waals surface area (Å²) in [5, 5.41) is 3.62. The molecule has 0 saturated heterocycles. The van der Waals surface area contributed by atoms with E-state index in [1.165, 1.54) is 17.7 Å². The van der Waals surface area contributed by atoms with E-state index in [1.807, 2.05) is 24.3 Å². The molecular formula is C10H7N5OS. The summed E-state index contributed by atoms with van der Waals surface area (Å²) in [5.74, 6) is 0.337. The van der Waals surface area contributed by atoms with Crippen molar-refractivity contribution in [2.75, 3.05) is 5.32 Å². The molecule has 0 fully saturated rings. The maximum atomic E-state index is 11.0. The molecule has 2 aromatic heterocycles. The summed E-state index contributed by atoms with van der Waals surface area (Å²) in [5.41, 5.74) is 0.472. The van der Waals surface area contributed by atoms with E-state index in [9.17, 15) is 4.79 Å². The van der Waals surface area contributed by atoms with Gasteiger partial charge >= 0.3 is 5.69 Å². The minimum Gasteiger partial charge on any atom is -0.301 e. The van der Waals surface area contributed by atoms with Gasteiger partial charge in [-0.25, -0.2) is 14.8 Å². The number of benzene rings is 1. The number of rotatable bonds is 2. The molecule has 0 amide bonds. The summed E-state index contributed by atoms with van der Waals surface area (Å²) >= 11 is 1.49. The van der Waals surface area contributed by atoms with Crippen molar-refractivity contribution in [3.63, 3.8) is 0 Å². The van der Waals surface area contributed by atoms with E-state index < -0.39 is 5.69 Å². The van der Waals surface area contributed by atoms with Crippen molar-refractivity contribution < 1.29 is 0 Å². The molecule has 0 radical (unpaired) electrons. The molecule has 0 unspecified atom stereocenters. The van der Waals surface area contributed by atoms with E-state index in [4.69, 9.17) is 0 Å². The minimum absolute atomic E-state index is 0.337. The van der Waals surface area contributed by atoms with E-state index in [-0.39, 0.29) is 0 Å². The van der Waals surface area contributed by atoms with E-state index >= 15 is 0 Å². The molecule has 6 nitrogen and oxygen atoms in total. The van der Waals surface area contributed by atoms with Gasteiger partial charge in [0.15, 0.2) is 5.13 Å². The van der Waals surface area contributed by atoms with Gasteiger partial charge in [-0.05, 0) is 12.1 Å². The molecule has 0 aliphatic heterocycles. The second-order valence-corrected chi connectivity index (χ2v) is 4.29.